The first-order chi connectivity index (χ1) is 9.06. The van der Waals surface area contributed by atoms with Gasteiger partial charge >= 0.3 is 0 Å². The van der Waals surface area contributed by atoms with Gasteiger partial charge < -0.3 is 15.9 Å². The highest BCUT2D eigenvalue weighted by Gasteiger charge is 2.13. The SMILES string of the molecule is Cc1occc1CN=C1CCC(C)C(N)=NC(N)=N1. The molecule has 0 bridgehead atoms. The number of nitrogens with zero attached hydrogens (tertiary/aromatic N) is 3. The summed E-state index contributed by atoms with van der Waals surface area (Å²) in [5.74, 6) is 2.48. The van der Waals surface area contributed by atoms with E-state index in [2.05, 4.69) is 15.0 Å². The summed E-state index contributed by atoms with van der Waals surface area (Å²) in [7, 11) is 0. The minimum atomic E-state index is 0.173. The maximum atomic E-state index is 5.79. The van der Waals surface area contributed by atoms with Crippen molar-refractivity contribution in [3.8, 4) is 0 Å². The monoisotopic (exact) mass is 261 g/mol. The molecule has 0 spiro atoms. The van der Waals surface area contributed by atoms with Gasteiger partial charge in [-0.25, -0.2) is 4.99 Å². The molecular weight excluding hydrogens is 242 g/mol. The van der Waals surface area contributed by atoms with Crippen molar-refractivity contribution in [3.63, 3.8) is 0 Å². The van der Waals surface area contributed by atoms with Crippen LogP contribution in [0.25, 0.3) is 0 Å². The van der Waals surface area contributed by atoms with E-state index in [1.807, 2.05) is 19.9 Å². The van der Waals surface area contributed by atoms with Gasteiger partial charge in [-0.05, 0) is 19.4 Å². The number of nitrogens with two attached hydrogens (primary N) is 2. The van der Waals surface area contributed by atoms with Crippen LogP contribution in [0.15, 0.2) is 31.7 Å². The summed E-state index contributed by atoms with van der Waals surface area (Å²) in [4.78, 5) is 12.7. The predicted octanol–water partition coefficient (Wildman–Crippen LogP) is 1.59. The Morgan fingerprint density at radius 3 is 2.89 bits per heavy atom. The molecule has 4 N–H and O–H groups in total. The van der Waals surface area contributed by atoms with Crippen LogP contribution >= 0.6 is 0 Å². The molecule has 102 valence electrons. The zero-order valence-electron chi connectivity index (χ0n) is 11.3. The average molecular weight is 261 g/mol. The van der Waals surface area contributed by atoms with Gasteiger partial charge in [0.2, 0.25) is 5.96 Å². The Hall–Kier alpha value is -2.11. The van der Waals surface area contributed by atoms with Gasteiger partial charge in [-0.2, -0.15) is 4.99 Å². The average Bonchev–Trinajstić information content (AvgIpc) is 2.76. The normalized spacial score (nSPS) is 22.6. The summed E-state index contributed by atoms with van der Waals surface area (Å²) < 4.78 is 5.23. The molecule has 0 saturated carbocycles. The van der Waals surface area contributed by atoms with Crippen LogP contribution in [0.5, 0.6) is 0 Å². The summed E-state index contributed by atoms with van der Waals surface area (Å²) in [6.07, 6.45) is 3.28. The van der Waals surface area contributed by atoms with Crippen molar-refractivity contribution in [3.05, 3.63) is 23.7 Å². The first-order valence-corrected chi connectivity index (χ1v) is 6.30. The van der Waals surface area contributed by atoms with Gasteiger partial charge in [0.05, 0.1) is 12.8 Å². The molecule has 1 atom stereocenters. The van der Waals surface area contributed by atoms with Crippen molar-refractivity contribution in [1.29, 1.82) is 0 Å². The maximum Gasteiger partial charge on any atom is 0.223 e. The first-order valence-electron chi connectivity index (χ1n) is 6.30. The van der Waals surface area contributed by atoms with E-state index in [0.717, 1.165) is 24.2 Å². The van der Waals surface area contributed by atoms with Gasteiger partial charge in [0.1, 0.15) is 17.4 Å². The zero-order valence-corrected chi connectivity index (χ0v) is 11.3. The van der Waals surface area contributed by atoms with Crippen molar-refractivity contribution < 1.29 is 4.42 Å². The van der Waals surface area contributed by atoms with Crippen LogP contribution in [0.2, 0.25) is 0 Å². The number of rotatable bonds is 2. The fourth-order valence-corrected chi connectivity index (χ4v) is 1.82. The van der Waals surface area contributed by atoms with Gasteiger partial charge in [0.15, 0.2) is 0 Å². The Bertz CT molecular complexity index is 541. The summed E-state index contributed by atoms with van der Waals surface area (Å²) in [5, 5.41) is 0. The van der Waals surface area contributed by atoms with E-state index in [-0.39, 0.29) is 11.9 Å². The number of aliphatic imine (C=N–C) groups is 3. The Labute approximate surface area is 112 Å². The second-order valence-corrected chi connectivity index (χ2v) is 4.68. The lowest BCUT2D eigenvalue weighted by Gasteiger charge is -2.13. The van der Waals surface area contributed by atoms with Gasteiger partial charge in [0.25, 0.3) is 0 Å². The maximum absolute atomic E-state index is 5.79. The van der Waals surface area contributed by atoms with Crippen LogP contribution in [-0.4, -0.2) is 17.6 Å². The zero-order chi connectivity index (χ0) is 13.8. The van der Waals surface area contributed by atoms with Crippen molar-refractivity contribution in [2.45, 2.75) is 33.2 Å². The highest BCUT2D eigenvalue weighted by atomic mass is 16.3. The van der Waals surface area contributed by atoms with Gasteiger partial charge in [-0.15, -0.1) is 0 Å². The molecule has 0 aliphatic carbocycles. The molecular formula is C13H19N5O. The van der Waals surface area contributed by atoms with E-state index >= 15 is 0 Å². The molecule has 0 aromatic carbocycles. The number of hydrogen-bond acceptors (Lipinski definition) is 5. The first kappa shape index (κ1) is 13.3. The summed E-state index contributed by atoms with van der Waals surface area (Å²) in [6, 6.07) is 1.91. The van der Waals surface area contributed by atoms with E-state index < -0.39 is 0 Å². The lowest BCUT2D eigenvalue weighted by Crippen LogP contribution is -2.28. The summed E-state index contributed by atoms with van der Waals surface area (Å²) >= 11 is 0. The van der Waals surface area contributed by atoms with Crippen molar-refractivity contribution in [2.75, 3.05) is 0 Å². The van der Waals surface area contributed by atoms with E-state index in [0.29, 0.717) is 18.2 Å². The van der Waals surface area contributed by atoms with Crippen LogP contribution in [0.3, 0.4) is 0 Å². The Kier molecular flexibility index (Phi) is 3.99. The Morgan fingerprint density at radius 1 is 1.42 bits per heavy atom. The second kappa shape index (κ2) is 5.69. The van der Waals surface area contributed by atoms with Gasteiger partial charge in [-0.1, -0.05) is 6.92 Å². The molecule has 2 heterocycles. The molecule has 6 nitrogen and oxygen atoms in total. The van der Waals surface area contributed by atoms with Gasteiger partial charge in [-0.3, -0.25) is 4.99 Å². The fraction of sp³-hybridized carbons (Fsp3) is 0.462. The topological polar surface area (TPSA) is 102 Å². The van der Waals surface area contributed by atoms with Crippen molar-refractivity contribution in [1.82, 2.24) is 0 Å². The number of aryl methyl sites for hydroxylation is 1. The minimum absolute atomic E-state index is 0.173. The number of hydrogen-bond donors (Lipinski definition) is 2. The van der Waals surface area contributed by atoms with Gasteiger partial charge in [0, 0.05) is 17.9 Å². The van der Waals surface area contributed by atoms with Crippen molar-refractivity contribution in [2.24, 2.45) is 32.4 Å². The molecule has 1 aromatic heterocycles. The third-order valence-corrected chi connectivity index (χ3v) is 3.19. The molecule has 1 aliphatic heterocycles. The molecule has 0 saturated heterocycles. The number of guanidine groups is 1. The molecule has 2 rings (SSSR count). The standard InChI is InChI=1S/C13H19N5O/c1-8-3-4-11(17-13(15)18-12(8)14)16-7-10-5-6-19-9(10)2/h5-6,8H,3-4,7H2,1-2H3,(H4,14,15,16,17,18). The second-order valence-electron chi connectivity index (χ2n) is 4.68. The molecule has 1 unspecified atom stereocenters. The lowest BCUT2D eigenvalue weighted by atomic mass is 10.0. The third kappa shape index (κ3) is 3.43. The molecule has 0 fully saturated rings. The predicted molar refractivity (Wildman–Crippen MR) is 76.2 cm³/mol. The van der Waals surface area contributed by atoms with Crippen molar-refractivity contribution >= 4 is 17.6 Å². The van der Waals surface area contributed by atoms with Crippen LogP contribution in [0.4, 0.5) is 0 Å². The van der Waals surface area contributed by atoms with E-state index in [9.17, 15) is 0 Å². The minimum Gasteiger partial charge on any atom is -0.469 e. The van der Waals surface area contributed by atoms with Crippen LogP contribution in [-0.2, 0) is 6.54 Å². The van der Waals surface area contributed by atoms with E-state index in [4.69, 9.17) is 15.9 Å². The summed E-state index contributed by atoms with van der Waals surface area (Å²) in [5.41, 5.74) is 12.6. The molecule has 1 aromatic rings. The smallest absolute Gasteiger partial charge is 0.223 e. The highest BCUT2D eigenvalue weighted by molar-refractivity contribution is 6.02. The Balaban J connectivity index is 2.16. The van der Waals surface area contributed by atoms with Crippen LogP contribution in [0.1, 0.15) is 31.1 Å². The van der Waals surface area contributed by atoms with E-state index in [1.54, 1.807) is 6.26 Å². The highest BCUT2D eigenvalue weighted by Crippen LogP contribution is 2.13. The molecule has 19 heavy (non-hydrogen) atoms. The molecule has 0 amide bonds. The molecule has 6 heteroatoms. The summed E-state index contributed by atoms with van der Waals surface area (Å²) in [6.45, 7) is 4.48. The van der Waals surface area contributed by atoms with Crippen LogP contribution in [0, 0.1) is 12.8 Å². The largest absolute Gasteiger partial charge is 0.469 e. The third-order valence-electron chi connectivity index (χ3n) is 3.19. The number of amidine groups is 2. The number of furan rings is 1. The molecule has 1 aliphatic rings. The van der Waals surface area contributed by atoms with E-state index in [1.165, 1.54) is 0 Å². The Morgan fingerprint density at radius 2 is 2.21 bits per heavy atom. The lowest BCUT2D eigenvalue weighted by molar-refractivity contribution is 0.530. The molecule has 0 radical (unpaired) electrons. The quantitative estimate of drug-likeness (QED) is 0.844. The van der Waals surface area contributed by atoms with Crippen LogP contribution < -0.4 is 11.5 Å². The fourth-order valence-electron chi connectivity index (χ4n) is 1.82.